The van der Waals surface area contributed by atoms with Crippen LogP contribution in [-0.4, -0.2) is 33.3 Å². The van der Waals surface area contributed by atoms with Crippen LogP contribution < -0.4 is 16.4 Å². The summed E-state index contributed by atoms with van der Waals surface area (Å²) in [6.45, 7) is 3.73. The fraction of sp³-hybridized carbons (Fsp3) is 0.200. The lowest BCUT2D eigenvalue weighted by Crippen LogP contribution is -2.36. The Bertz CT molecular complexity index is 1010. The first-order chi connectivity index (χ1) is 13.3. The topological polar surface area (TPSA) is 132 Å². The monoisotopic (exact) mass is 375 g/mol. The van der Waals surface area contributed by atoms with E-state index in [-0.39, 0.29) is 5.82 Å². The average molecular weight is 375 g/mol. The molecule has 0 radical (unpaired) electrons. The lowest BCUT2D eigenvalue weighted by molar-refractivity contribution is 0.112. The Labute approximate surface area is 163 Å². The number of aromatic nitrogens is 2. The fourth-order valence-electron chi connectivity index (χ4n) is 2.54. The Balaban J connectivity index is 1.90. The third-order valence-electron chi connectivity index (χ3n) is 3.96. The number of aliphatic imine (C=N–C) groups is 1. The molecule has 0 spiro atoms. The van der Waals surface area contributed by atoms with Crippen LogP contribution in [0.3, 0.4) is 0 Å². The minimum absolute atomic E-state index is 0.235. The number of nitrogens with two attached hydrogens (primary N) is 1. The van der Waals surface area contributed by atoms with Gasteiger partial charge in [0, 0.05) is 34.9 Å². The second-order valence-corrected chi connectivity index (χ2v) is 6.37. The van der Waals surface area contributed by atoms with Crippen LogP contribution in [0.25, 0.3) is 0 Å². The zero-order valence-corrected chi connectivity index (χ0v) is 15.6. The summed E-state index contributed by atoms with van der Waals surface area (Å²) in [7, 11) is 0. The summed E-state index contributed by atoms with van der Waals surface area (Å²) in [6, 6.07) is 7.09. The van der Waals surface area contributed by atoms with Crippen LogP contribution in [-0.2, 0) is 5.60 Å². The standard InChI is InChI=1S/C20H21N7O/c1-13(21)15-5-4-14(6-8-20(2,28)18-23-9-3-10-24-18)12-16(15)26-17-7-11-25-19(22)27-17/h3-5,7,9-10,12,21,26,28H,11H2,1-2H3,(H3,22,25,27). The van der Waals surface area contributed by atoms with E-state index in [1.54, 1.807) is 38.4 Å². The Hall–Kier alpha value is -3.70. The molecule has 142 valence electrons. The predicted molar refractivity (Wildman–Crippen MR) is 109 cm³/mol. The molecular formula is C20H21N7O. The van der Waals surface area contributed by atoms with Gasteiger partial charge in [0.2, 0.25) is 0 Å². The maximum atomic E-state index is 10.6. The van der Waals surface area contributed by atoms with Crippen LogP contribution in [0.4, 0.5) is 5.69 Å². The van der Waals surface area contributed by atoms with Crippen molar-refractivity contribution in [2.24, 2.45) is 10.7 Å². The number of benzene rings is 1. The zero-order chi connectivity index (χ0) is 20.1. The van der Waals surface area contributed by atoms with E-state index >= 15 is 0 Å². The highest BCUT2D eigenvalue weighted by Crippen LogP contribution is 2.21. The van der Waals surface area contributed by atoms with E-state index in [1.807, 2.05) is 18.2 Å². The third kappa shape index (κ3) is 4.52. The quantitative estimate of drug-likeness (QED) is 0.404. The van der Waals surface area contributed by atoms with Crippen LogP contribution in [0.5, 0.6) is 0 Å². The number of nitrogens with one attached hydrogen (secondary N) is 3. The van der Waals surface area contributed by atoms with E-state index in [9.17, 15) is 5.11 Å². The predicted octanol–water partition coefficient (Wildman–Crippen LogP) is 1.29. The SMILES string of the molecule is CC(=N)c1ccc(C#CC(C)(O)c2ncccn2)cc1NC1=CCN=C(N)N1. The molecule has 1 atom stereocenters. The van der Waals surface area contributed by atoms with Crippen LogP contribution in [0.15, 0.2) is 53.5 Å². The number of hydrogen-bond acceptors (Lipinski definition) is 8. The van der Waals surface area contributed by atoms with E-state index in [2.05, 4.69) is 37.4 Å². The van der Waals surface area contributed by atoms with E-state index in [1.165, 1.54) is 0 Å². The molecule has 2 heterocycles. The van der Waals surface area contributed by atoms with Gasteiger partial charge in [0.05, 0.1) is 6.54 Å². The fourth-order valence-corrected chi connectivity index (χ4v) is 2.54. The van der Waals surface area contributed by atoms with E-state index < -0.39 is 5.60 Å². The normalized spacial score (nSPS) is 15.1. The third-order valence-corrected chi connectivity index (χ3v) is 3.96. The summed E-state index contributed by atoms with van der Waals surface area (Å²) in [5.74, 6) is 7.01. The van der Waals surface area contributed by atoms with Crippen molar-refractivity contribution in [2.45, 2.75) is 19.4 Å². The molecule has 1 unspecified atom stereocenters. The van der Waals surface area contributed by atoms with Crippen molar-refractivity contribution in [1.29, 1.82) is 5.41 Å². The van der Waals surface area contributed by atoms with Gasteiger partial charge in [-0.2, -0.15) is 0 Å². The van der Waals surface area contributed by atoms with Gasteiger partial charge in [0.25, 0.3) is 0 Å². The van der Waals surface area contributed by atoms with Gasteiger partial charge in [0.15, 0.2) is 17.4 Å². The molecule has 1 aliphatic heterocycles. The Kier molecular flexibility index (Phi) is 5.38. The van der Waals surface area contributed by atoms with Gasteiger partial charge in [0.1, 0.15) is 5.82 Å². The second kappa shape index (κ2) is 7.90. The van der Waals surface area contributed by atoms with Crippen LogP contribution in [0.1, 0.15) is 30.8 Å². The summed E-state index contributed by atoms with van der Waals surface area (Å²) in [5.41, 5.74) is 6.73. The van der Waals surface area contributed by atoms with Crippen molar-refractivity contribution in [1.82, 2.24) is 15.3 Å². The van der Waals surface area contributed by atoms with Crippen molar-refractivity contribution in [3.8, 4) is 11.8 Å². The summed E-state index contributed by atoms with van der Waals surface area (Å²) in [6.07, 6.45) is 4.97. The molecule has 1 aromatic carbocycles. The number of guanidine groups is 1. The smallest absolute Gasteiger partial charge is 0.194 e. The van der Waals surface area contributed by atoms with Gasteiger partial charge in [-0.15, -0.1) is 0 Å². The molecule has 1 aromatic heterocycles. The molecule has 0 fully saturated rings. The maximum Gasteiger partial charge on any atom is 0.194 e. The molecule has 3 rings (SSSR count). The molecule has 8 heteroatoms. The molecule has 6 N–H and O–H groups in total. The van der Waals surface area contributed by atoms with Crippen molar-refractivity contribution in [3.05, 3.63) is 65.5 Å². The Morgan fingerprint density at radius 1 is 1.36 bits per heavy atom. The van der Waals surface area contributed by atoms with Crippen molar-refractivity contribution >= 4 is 17.4 Å². The van der Waals surface area contributed by atoms with Crippen molar-refractivity contribution < 1.29 is 5.11 Å². The van der Waals surface area contributed by atoms with Gasteiger partial charge >= 0.3 is 0 Å². The van der Waals surface area contributed by atoms with E-state index in [0.29, 0.717) is 35.3 Å². The number of rotatable bonds is 4. The molecular weight excluding hydrogens is 354 g/mol. The minimum Gasteiger partial charge on any atom is -0.371 e. The summed E-state index contributed by atoms with van der Waals surface area (Å²) in [4.78, 5) is 12.2. The largest absolute Gasteiger partial charge is 0.371 e. The molecule has 0 bridgehead atoms. The van der Waals surface area contributed by atoms with Crippen LogP contribution in [0, 0.1) is 17.3 Å². The van der Waals surface area contributed by atoms with Gasteiger partial charge in [-0.25, -0.2) is 15.0 Å². The Morgan fingerprint density at radius 2 is 2.11 bits per heavy atom. The summed E-state index contributed by atoms with van der Waals surface area (Å²) in [5, 5.41) is 24.7. The van der Waals surface area contributed by atoms with Crippen molar-refractivity contribution in [3.63, 3.8) is 0 Å². The molecule has 2 aromatic rings. The molecule has 0 aliphatic carbocycles. The van der Waals surface area contributed by atoms with E-state index in [4.69, 9.17) is 11.1 Å². The summed E-state index contributed by atoms with van der Waals surface area (Å²) < 4.78 is 0. The highest BCUT2D eigenvalue weighted by Gasteiger charge is 2.23. The molecule has 0 saturated carbocycles. The first-order valence-corrected chi connectivity index (χ1v) is 8.62. The number of aliphatic hydroxyl groups is 1. The highest BCUT2D eigenvalue weighted by molar-refractivity contribution is 6.02. The van der Waals surface area contributed by atoms with Gasteiger partial charge in [-0.3, -0.25) is 0 Å². The maximum absolute atomic E-state index is 10.6. The number of nitrogens with zero attached hydrogens (tertiary/aromatic N) is 3. The van der Waals surface area contributed by atoms with Gasteiger partial charge in [-0.05, 0) is 44.2 Å². The van der Waals surface area contributed by atoms with Crippen molar-refractivity contribution in [2.75, 3.05) is 11.9 Å². The lowest BCUT2D eigenvalue weighted by atomic mass is 10.0. The van der Waals surface area contributed by atoms with E-state index in [0.717, 1.165) is 5.56 Å². The molecule has 0 saturated heterocycles. The number of anilines is 1. The minimum atomic E-state index is -1.48. The first kappa shape index (κ1) is 19.1. The molecule has 1 aliphatic rings. The molecule has 0 amide bonds. The average Bonchev–Trinajstić information content (AvgIpc) is 2.67. The van der Waals surface area contributed by atoms with Crippen LogP contribution in [0.2, 0.25) is 0 Å². The highest BCUT2D eigenvalue weighted by atomic mass is 16.3. The zero-order valence-electron chi connectivity index (χ0n) is 15.6. The Morgan fingerprint density at radius 3 is 2.79 bits per heavy atom. The van der Waals surface area contributed by atoms with Gasteiger partial charge in [-0.1, -0.05) is 11.8 Å². The first-order valence-electron chi connectivity index (χ1n) is 8.62. The summed E-state index contributed by atoms with van der Waals surface area (Å²) >= 11 is 0. The van der Waals surface area contributed by atoms with Gasteiger partial charge < -0.3 is 26.9 Å². The molecule has 28 heavy (non-hydrogen) atoms. The number of hydrogen-bond donors (Lipinski definition) is 5. The van der Waals surface area contributed by atoms with Crippen LogP contribution >= 0.6 is 0 Å². The lowest BCUT2D eigenvalue weighted by Gasteiger charge is -2.18. The molecule has 8 nitrogen and oxygen atoms in total. The second-order valence-electron chi connectivity index (χ2n) is 6.37.